The van der Waals surface area contributed by atoms with Crippen LogP contribution in [0.15, 0.2) is 33.7 Å². The number of aromatic nitrogens is 2. The zero-order valence-electron chi connectivity index (χ0n) is 12.2. The van der Waals surface area contributed by atoms with Crippen LogP contribution in [0.4, 0.5) is 0 Å². The number of nitrogens with two attached hydrogens (primary N) is 1. The predicted octanol–water partition coefficient (Wildman–Crippen LogP) is 3.89. The standard InChI is InChI=1S/C15H21N3OS/c1-4-20-12-7-5-11(6-8-12)14-17-15(19-18-14)13(16)9-10(2)3/h5-8,10,13H,4,9,16H2,1-3H3/t13-/m0/s1. The number of thioether (sulfide) groups is 1. The molecule has 2 rings (SSSR count). The van der Waals surface area contributed by atoms with Gasteiger partial charge in [0.15, 0.2) is 0 Å². The minimum atomic E-state index is -0.189. The van der Waals surface area contributed by atoms with Crippen LogP contribution in [0.2, 0.25) is 0 Å². The van der Waals surface area contributed by atoms with Crippen LogP contribution >= 0.6 is 11.8 Å². The molecule has 0 fully saturated rings. The van der Waals surface area contributed by atoms with E-state index in [-0.39, 0.29) is 6.04 Å². The topological polar surface area (TPSA) is 64.9 Å². The minimum Gasteiger partial charge on any atom is -0.337 e. The Bertz CT molecular complexity index is 536. The largest absolute Gasteiger partial charge is 0.337 e. The Labute approximate surface area is 124 Å². The summed E-state index contributed by atoms with van der Waals surface area (Å²) in [6.07, 6.45) is 0.841. The molecule has 1 aromatic heterocycles. The highest BCUT2D eigenvalue weighted by Crippen LogP contribution is 2.24. The molecule has 5 heteroatoms. The van der Waals surface area contributed by atoms with Crippen molar-refractivity contribution >= 4 is 11.8 Å². The van der Waals surface area contributed by atoms with Crippen molar-refractivity contribution in [2.24, 2.45) is 11.7 Å². The van der Waals surface area contributed by atoms with Crippen LogP contribution in [0.5, 0.6) is 0 Å². The third-order valence-corrected chi connectivity index (χ3v) is 3.80. The number of hydrogen-bond donors (Lipinski definition) is 1. The molecule has 0 unspecified atom stereocenters. The highest BCUT2D eigenvalue weighted by atomic mass is 32.2. The molecule has 1 heterocycles. The van der Waals surface area contributed by atoms with E-state index in [1.54, 1.807) is 0 Å². The van der Waals surface area contributed by atoms with E-state index in [9.17, 15) is 0 Å². The molecule has 0 radical (unpaired) electrons. The molecule has 1 aromatic carbocycles. The molecule has 0 aliphatic rings. The average Bonchev–Trinajstić information content (AvgIpc) is 2.89. The number of nitrogens with zero attached hydrogens (tertiary/aromatic N) is 2. The van der Waals surface area contributed by atoms with Gasteiger partial charge in [0.25, 0.3) is 0 Å². The molecule has 4 nitrogen and oxygen atoms in total. The summed E-state index contributed by atoms with van der Waals surface area (Å²) in [5.41, 5.74) is 7.01. The Balaban J connectivity index is 2.11. The second kappa shape index (κ2) is 6.90. The molecule has 0 spiro atoms. The van der Waals surface area contributed by atoms with E-state index in [2.05, 4.69) is 43.0 Å². The van der Waals surface area contributed by atoms with Gasteiger partial charge in [-0.15, -0.1) is 11.8 Å². The molecular weight excluding hydrogens is 270 g/mol. The molecule has 0 saturated carbocycles. The van der Waals surface area contributed by atoms with Crippen molar-refractivity contribution in [2.75, 3.05) is 5.75 Å². The second-order valence-electron chi connectivity index (χ2n) is 5.15. The Hall–Kier alpha value is -1.33. The zero-order valence-corrected chi connectivity index (χ0v) is 13.0. The van der Waals surface area contributed by atoms with Crippen LogP contribution in [0, 0.1) is 5.92 Å². The summed E-state index contributed by atoms with van der Waals surface area (Å²) in [7, 11) is 0. The fraction of sp³-hybridized carbons (Fsp3) is 0.467. The van der Waals surface area contributed by atoms with Crippen molar-refractivity contribution in [1.29, 1.82) is 0 Å². The van der Waals surface area contributed by atoms with E-state index in [0.717, 1.165) is 17.7 Å². The number of rotatable bonds is 6. The fourth-order valence-electron chi connectivity index (χ4n) is 1.98. The first-order chi connectivity index (χ1) is 9.60. The van der Waals surface area contributed by atoms with Gasteiger partial charge < -0.3 is 10.3 Å². The van der Waals surface area contributed by atoms with Gasteiger partial charge in [-0.05, 0) is 42.4 Å². The quantitative estimate of drug-likeness (QED) is 0.818. The Morgan fingerprint density at radius 1 is 1.25 bits per heavy atom. The lowest BCUT2D eigenvalue weighted by atomic mass is 10.0. The summed E-state index contributed by atoms with van der Waals surface area (Å²) in [6, 6.07) is 7.99. The van der Waals surface area contributed by atoms with Crippen LogP contribution in [0.3, 0.4) is 0 Å². The lowest BCUT2D eigenvalue weighted by Gasteiger charge is -2.08. The maximum Gasteiger partial charge on any atom is 0.243 e. The lowest BCUT2D eigenvalue weighted by molar-refractivity contribution is 0.335. The van der Waals surface area contributed by atoms with Gasteiger partial charge in [0, 0.05) is 10.5 Å². The summed E-state index contributed by atoms with van der Waals surface area (Å²) in [4.78, 5) is 5.65. The third kappa shape index (κ3) is 3.84. The predicted molar refractivity (Wildman–Crippen MR) is 82.5 cm³/mol. The maximum atomic E-state index is 6.05. The van der Waals surface area contributed by atoms with Crippen molar-refractivity contribution in [3.8, 4) is 11.4 Å². The van der Waals surface area contributed by atoms with Gasteiger partial charge in [0.1, 0.15) is 0 Å². The van der Waals surface area contributed by atoms with Crippen LogP contribution in [0.1, 0.15) is 39.1 Å². The zero-order chi connectivity index (χ0) is 14.5. The highest BCUT2D eigenvalue weighted by molar-refractivity contribution is 7.99. The SMILES string of the molecule is CCSc1ccc(-c2noc([C@@H](N)CC(C)C)n2)cc1. The summed E-state index contributed by atoms with van der Waals surface area (Å²) in [6.45, 7) is 6.39. The average molecular weight is 291 g/mol. The lowest BCUT2D eigenvalue weighted by Crippen LogP contribution is -2.13. The van der Waals surface area contributed by atoms with E-state index in [1.807, 2.05) is 23.9 Å². The van der Waals surface area contributed by atoms with Gasteiger partial charge in [-0.3, -0.25) is 0 Å². The number of hydrogen-bond acceptors (Lipinski definition) is 5. The van der Waals surface area contributed by atoms with E-state index in [4.69, 9.17) is 10.3 Å². The molecule has 0 amide bonds. The normalized spacial score (nSPS) is 12.8. The molecule has 2 aromatic rings. The van der Waals surface area contributed by atoms with Gasteiger partial charge in [-0.25, -0.2) is 0 Å². The monoisotopic (exact) mass is 291 g/mol. The van der Waals surface area contributed by atoms with Crippen molar-refractivity contribution in [1.82, 2.24) is 10.1 Å². The molecule has 2 N–H and O–H groups in total. The van der Waals surface area contributed by atoms with E-state index >= 15 is 0 Å². The summed E-state index contributed by atoms with van der Waals surface area (Å²) in [5, 5.41) is 4.02. The molecular formula is C15H21N3OS. The van der Waals surface area contributed by atoms with Crippen molar-refractivity contribution in [3.05, 3.63) is 30.2 Å². The van der Waals surface area contributed by atoms with E-state index in [0.29, 0.717) is 17.6 Å². The summed E-state index contributed by atoms with van der Waals surface area (Å²) in [5.74, 6) is 2.69. The molecule has 0 aliphatic carbocycles. The molecule has 108 valence electrons. The van der Waals surface area contributed by atoms with Gasteiger partial charge >= 0.3 is 0 Å². The number of benzene rings is 1. The molecule has 0 bridgehead atoms. The first-order valence-electron chi connectivity index (χ1n) is 6.92. The van der Waals surface area contributed by atoms with Crippen molar-refractivity contribution in [2.45, 2.75) is 38.1 Å². The van der Waals surface area contributed by atoms with E-state index < -0.39 is 0 Å². The first kappa shape index (κ1) is 15.1. The smallest absolute Gasteiger partial charge is 0.243 e. The van der Waals surface area contributed by atoms with Crippen molar-refractivity contribution in [3.63, 3.8) is 0 Å². The van der Waals surface area contributed by atoms with E-state index in [1.165, 1.54) is 4.90 Å². The maximum absolute atomic E-state index is 6.05. The first-order valence-corrected chi connectivity index (χ1v) is 7.91. The molecule has 0 aliphatic heterocycles. The van der Waals surface area contributed by atoms with Gasteiger partial charge in [-0.2, -0.15) is 4.98 Å². The second-order valence-corrected chi connectivity index (χ2v) is 6.49. The molecule has 20 heavy (non-hydrogen) atoms. The fourth-order valence-corrected chi connectivity index (χ4v) is 2.64. The Kier molecular flexibility index (Phi) is 5.20. The van der Waals surface area contributed by atoms with Crippen molar-refractivity contribution < 1.29 is 4.52 Å². The van der Waals surface area contributed by atoms with Gasteiger partial charge in [0.05, 0.1) is 6.04 Å². The summed E-state index contributed by atoms with van der Waals surface area (Å²) < 4.78 is 5.27. The highest BCUT2D eigenvalue weighted by Gasteiger charge is 2.16. The van der Waals surface area contributed by atoms with Crippen LogP contribution in [-0.4, -0.2) is 15.9 Å². The van der Waals surface area contributed by atoms with Crippen LogP contribution in [-0.2, 0) is 0 Å². The third-order valence-electron chi connectivity index (χ3n) is 2.91. The summed E-state index contributed by atoms with van der Waals surface area (Å²) >= 11 is 1.81. The Morgan fingerprint density at radius 2 is 1.95 bits per heavy atom. The van der Waals surface area contributed by atoms with Crippen LogP contribution in [0.25, 0.3) is 11.4 Å². The Morgan fingerprint density at radius 3 is 2.55 bits per heavy atom. The van der Waals surface area contributed by atoms with Crippen LogP contribution < -0.4 is 5.73 Å². The molecule has 0 saturated heterocycles. The van der Waals surface area contributed by atoms with Gasteiger partial charge in [0.2, 0.25) is 11.7 Å². The minimum absolute atomic E-state index is 0.189. The molecule has 1 atom stereocenters. The van der Waals surface area contributed by atoms with Gasteiger partial charge in [-0.1, -0.05) is 25.9 Å².